The minimum atomic E-state index is 0.0515. The molecule has 0 radical (unpaired) electrons. The number of rotatable bonds is 9. The number of ether oxygens (including phenoxy) is 2. The molecule has 1 unspecified atom stereocenters. The van der Waals surface area contributed by atoms with Crippen LogP contribution in [-0.4, -0.2) is 53.4 Å². The lowest BCUT2D eigenvalue weighted by molar-refractivity contribution is 0.0358. The van der Waals surface area contributed by atoms with Gasteiger partial charge in [-0.15, -0.1) is 11.3 Å². The minimum Gasteiger partial charge on any atom is -0.493 e. The Bertz CT molecular complexity index is 1370. The number of anilines is 1. The van der Waals surface area contributed by atoms with Gasteiger partial charge in [-0.2, -0.15) is 0 Å². The summed E-state index contributed by atoms with van der Waals surface area (Å²) in [7, 11) is 3.26. The number of aryl methyl sites for hydroxylation is 1. The molecule has 1 aliphatic heterocycles. The number of fused-ring (bicyclic) bond motifs is 1. The summed E-state index contributed by atoms with van der Waals surface area (Å²) in [6.07, 6.45) is 1.07. The van der Waals surface area contributed by atoms with E-state index in [1.807, 2.05) is 19.1 Å². The Kier molecular flexibility index (Phi) is 7.09. The van der Waals surface area contributed by atoms with Crippen LogP contribution in [0.1, 0.15) is 35.7 Å². The number of hydrogen-bond acceptors (Lipinski definition) is 8. The van der Waals surface area contributed by atoms with Crippen molar-refractivity contribution in [3.8, 4) is 21.9 Å². The first kappa shape index (κ1) is 24.5. The molecule has 2 aromatic heterocycles. The summed E-state index contributed by atoms with van der Waals surface area (Å²) >= 11 is 1.79. The Morgan fingerprint density at radius 2 is 1.89 bits per heavy atom. The maximum absolute atomic E-state index is 9.58. The topological polar surface area (TPSA) is 79.7 Å². The van der Waals surface area contributed by atoms with Crippen molar-refractivity contribution >= 4 is 28.1 Å². The van der Waals surface area contributed by atoms with Gasteiger partial charge in [-0.1, -0.05) is 24.3 Å². The Balaban J connectivity index is 1.40. The van der Waals surface area contributed by atoms with E-state index in [9.17, 15) is 5.11 Å². The van der Waals surface area contributed by atoms with Gasteiger partial charge in [0.05, 0.1) is 32.4 Å². The number of likely N-dealkylation sites (tertiary alicyclic amines) is 1. The van der Waals surface area contributed by atoms with Crippen molar-refractivity contribution in [3.05, 3.63) is 64.8 Å². The summed E-state index contributed by atoms with van der Waals surface area (Å²) in [5.41, 5.74) is 3.36. The van der Waals surface area contributed by atoms with Gasteiger partial charge in [0.25, 0.3) is 0 Å². The van der Waals surface area contributed by atoms with E-state index < -0.39 is 0 Å². The molecule has 2 atom stereocenters. The van der Waals surface area contributed by atoms with E-state index in [2.05, 4.69) is 58.5 Å². The van der Waals surface area contributed by atoms with Crippen molar-refractivity contribution < 1.29 is 14.6 Å². The highest BCUT2D eigenvalue weighted by Gasteiger charge is 2.27. The Hall–Kier alpha value is -3.20. The fourth-order valence-electron chi connectivity index (χ4n) is 4.71. The van der Waals surface area contributed by atoms with Crippen LogP contribution in [0, 0.1) is 6.92 Å². The summed E-state index contributed by atoms with van der Waals surface area (Å²) < 4.78 is 11.0. The zero-order chi connectivity index (χ0) is 25.2. The average Bonchev–Trinajstić information content (AvgIpc) is 3.36. The van der Waals surface area contributed by atoms with Gasteiger partial charge in [0.15, 0.2) is 11.5 Å². The number of nitrogens with one attached hydrogen (secondary N) is 1. The third-order valence-corrected chi connectivity index (χ3v) is 8.15. The molecule has 0 spiro atoms. The van der Waals surface area contributed by atoms with E-state index in [1.54, 1.807) is 25.6 Å². The summed E-state index contributed by atoms with van der Waals surface area (Å²) in [6.45, 7) is 6.17. The minimum absolute atomic E-state index is 0.0515. The summed E-state index contributed by atoms with van der Waals surface area (Å²) in [5, 5.41) is 14.1. The first-order valence-corrected chi connectivity index (χ1v) is 13.0. The van der Waals surface area contributed by atoms with Crippen LogP contribution >= 0.6 is 11.3 Å². The summed E-state index contributed by atoms with van der Waals surface area (Å²) in [5.74, 6) is 2.76. The molecular weight excluding hydrogens is 472 g/mol. The molecule has 0 aliphatic carbocycles. The molecule has 2 N–H and O–H groups in total. The van der Waals surface area contributed by atoms with Gasteiger partial charge in [-0.05, 0) is 49.6 Å². The smallest absolute Gasteiger partial charge is 0.162 e. The highest BCUT2D eigenvalue weighted by atomic mass is 32.1. The number of thiophene rings is 1. The van der Waals surface area contributed by atoms with Crippen molar-refractivity contribution in [2.24, 2.45) is 0 Å². The molecule has 3 heterocycles. The number of methoxy groups -OCH3 is 2. The first-order valence-electron chi connectivity index (χ1n) is 12.2. The predicted octanol–water partition coefficient (Wildman–Crippen LogP) is 5.42. The van der Waals surface area contributed by atoms with Crippen molar-refractivity contribution in [1.82, 2.24) is 14.9 Å². The summed E-state index contributed by atoms with van der Waals surface area (Å²) in [4.78, 5) is 14.1. The molecule has 0 amide bonds. The molecule has 36 heavy (non-hydrogen) atoms. The maximum atomic E-state index is 9.58. The van der Waals surface area contributed by atoms with Crippen LogP contribution in [-0.2, 0) is 6.54 Å². The zero-order valence-corrected chi connectivity index (χ0v) is 21.9. The molecule has 4 aromatic rings. The first-order chi connectivity index (χ1) is 17.5. The van der Waals surface area contributed by atoms with Crippen LogP contribution in [0.3, 0.4) is 0 Å². The van der Waals surface area contributed by atoms with Crippen LogP contribution in [0.15, 0.2) is 48.5 Å². The second-order valence-corrected chi connectivity index (χ2v) is 10.3. The number of nitrogens with zero attached hydrogens (tertiary/aromatic N) is 3. The number of aliphatic hydroxyl groups is 1. The highest BCUT2D eigenvalue weighted by Crippen LogP contribution is 2.38. The molecule has 0 bridgehead atoms. The Morgan fingerprint density at radius 3 is 2.61 bits per heavy atom. The van der Waals surface area contributed by atoms with Crippen molar-refractivity contribution in [1.29, 1.82) is 0 Å². The lowest BCUT2D eigenvalue weighted by Crippen LogP contribution is -2.49. The number of aromatic nitrogens is 2. The molecule has 188 valence electrons. The SMILES string of the molecule is COc1cc2nc(C)nc(NC(C)c3ccc(-c4ccccc4CN4CC[C@H]4CO)s3)c2cc1OC. The largest absolute Gasteiger partial charge is 0.493 e. The van der Waals surface area contributed by atoms with E-state index in [4.69, 9.17) is 14.5 Å². The van der Waals surface area contributed by atoms with E-state index in [0.29, 0.717) is 17.3 Å². The fourth-order valence-corrected chi connectivity index (χ4v) is 5.79. The molecule has 1 aliphatic rings. The molecular formula is C28H32N4O3S. The number of aliphatic hydroxyl groups excluding tert-OH is 1. The van der Waals surface area contributed by atoms with E-state index in [-0.39, 0.29) is 18.7 Å². The standard InChI is InChI=1S/C28H32N4O3S/c1-17(29-28-22-13-24(34-3)25(35-4)14-23(22)30-18(2)31-28)26-9-10-27(36-26)21-8-6-5-7-19(21)15-32-12-11-20(32)16-33/h5-10,13-14,17,20,33H,11-12,15-16H2,1-4H3,(H,29,30,31)/t17?,20-/m0/s1. The second-order valence-electron chi connectivity index (χ2n) is 9.16. The molecule has 8 heteroatoms. The van der Waals surface area contributed by atoms with Gasteiger partial charge < -0.3 is 19.9 Å². The molecule has 0 saturated carbocycles. The number of benzene rings is 2. The second kappa shape index (κ2) is 10.4. The van der Waals surface area contributed by atoms with Gasteiger partial charge in [0, 0.05) is 40.3 Å². The van der Waals surface area contributed by atoms with Crippen molar-refractivity contribution in [2.45, 2.75) is 38.9 Å². The number of hydrogen-bond donors (Lipinski definition) is 2. The lowest BCUT2D eigenvalue weighted by atomic mass is 10.00. The Morgan fingerprint density at radius 1 is 1.11 bits per heavy atom. The molecule has 1 saturated heterocycles. The van der Waals surface area contributed by atoms with E-state index in [1.165, 1.54) is 20.9 Å². The monoisotopic (exact) mass is 504 g/mol. The van der Waals surface area contributed by atoms with Crippen LogP contribution < -0.4 is 14.8 Å². The zero-order valence-electron chi connectivity index (χ0n) is 21.1. The average molecular weight is 505 g/mol. The van der Waals surface area contributed by atoms with Gasteiger partial charge in [0.1, 0.15) is 11.6 Å². The third-order valence-electron chi connectivity index (χ3n) is 6.85. The van der Waals surface area contributed by atoms with Crippen LogP contribution in [0.2, 0.25) is 0 Å². The van der Waals surface area contributed by atoms with Gasteiger partial charge in [-0.25, -0.2) is 9.97 Å². The van der Waals surface area contributed by atoms with Crippen LogP contribution in [0.5, 0.6) is 11.5 Å². The molecule has 2 aromatic carbocycles. The van der Waals surface area contributed by atoms with Crippen LogP contribution in [0.4, 0.5) is 5.82 Å². The quantitative estimate of drug-likeness (QED) is 0.315. The maximum Gasteiger partial charge on any atom is 0.162 e. The molecule has 5 rings (SSSR count). The highest BCUT2D eigenvalue weighted by molar-refractivity contribution is 7.15. The van der Waals surface area contributed by atoms with Gasteiger partial charge in [0.2, 0.25) is 0 Å². The molecule has 7 nitrogen and oxygen atoms in total. The lowest BCUT2D eigenvalue weighted by Gasteiger charge is -2.40. The molecule has 1 fully saturated rings. The fraction of sp³-hybridized carbons (Fsp3) is 0.357. The summed E-state index contributed by atoms with van der Waals surface area (Å²) in [6, 6.07) is 17.1. The van der Waals surface area contributed by atoms with E-state index >= 15 is 0 Å². The van der Waals surface area contributed by atoms with Gasteiger partial charge in [-0.3, -0.25) is 4.90 Å². The van der Waals surface area contributed by atoms with E-state index in [0.717, 1.165) is 36.2 Å². The van der Waals surface area contributed by atoms with Crippen molar-refractivity contribution in [2.75, 3.05) is 32.7 Å². The predicted molar refractivity (Wildman–Crippen MR) is 145 cm³/mol. The third kappa shape index (κ3) is 4.76. The van der Waals surface area contributed by atoms with Gasteiger partial charge >= 0.3 is 0 Å². The Labute approximate surface area is 215 Å². The van der Waals surface area contributed by atoms with Crippen molar-refractivity contribution in [3.63, 3.8) is 0 Å². The normalized spacial score (nSPS) is 16.5. The van der Waals surface area contributed by atoms with Crippen LogP contribution in [0.25, 0.3) is 21.3 Å².